The Balaban J connectivity index is 1.77. The smallest absolute Gasteiger partial charge is 0.331 e. The van der Waals surface area contributed by atoms with Crippen LogP contribution in [-0.2, 0) is 23.1 Å². The van der Waals surface area contributed by atoms with E-state index in [4.69, 9.17) is 4.74 Å². The van der Waals surface area contributed by atoms with Crippen LogP contribution in [0.2, 0.25) is 0 Å². The number of hydrogen-bond acceptors (Lipinski definition) is 5. The fourth-order valence-corrected chi connectivity index (χ4v) is 4.35. The molecule has 0 saturated carbocycles. The molecule has 0 spiro atoms. The molecule has 0 fully saturated rings. The van der Waals surface area contributed by atoms with E-state index in [2.05, 4.69) is 5.10 Å². The lowest BCUT2D eigenvalue weighted by atomic mass is 10.00. The number of pyridine rings is 1. The van der Waals surface area contributed by atoms with Crippen molar-refractivity contribution in [1.82, 2.24) is 9.78 Å². The van der Waals surface area contributed by atoms with Crippen molar-refractivity contribution in [3.05, 3.63) is 90.3 Å². The second kappa shape index (κ2) is 9.14. The average Bonchev–Trinajstić information content (AvgIpc) is 3.35. The summed E-state index contributed by atoms with van der Waals surface area (Å²) in [5.74, 6) is -0.972. The molecular formula is C28H24N4O4. The van der Waals surface area contributed by atoms with E-state index in [0.29, 0.717) is 22.7 Å². The normalized spacial score (nSPS) is 13.6. The molecule has 8 heteroatoms. The average molecular weight is 481 g/mol. The third kappa shape index (κ3) is 3.73. The predicted octanol–water partition coefficient (Wildman–Crippen LogP) is 2.96. The van der Waals surface area contributed by atoms with Gasteiger partial charge in [0, 0.05) is 29.8 Å². The number of imide groups is 1. The molecular weight excluding hydrogens is 456 g/mol. The van der Waals surface area contributed by atoms with Crippen molar-refractivity contribution in [2.24, 2.45) is 7.05 Å². The first-order valence-electron chi connectivity index (χ1n) is 11.5. The second-order valence-electron chi connectivity index (χ2n) is 8.36. The van der Waals surface area contributed by atoms with Gasteiger partial charge in [0.1, 0.15) is 11.3 Å². The van der Waals surface area contributed by atoms with Crippen LogP contribution < -0.4 is 19.3 Å². The van der Waals surface area contributed by atoms with Gasteiger partial charge in [-0.15, -0.1) is 0 Å². The van der Waals surface area contributed by atoms with Crippen LogP contribution in [0, 0.1) is 0 Å². The van der Waals surface area contributed by atoms with Gasteiger partial charge in [-0.3, -0.25) is 14.3 Å². The van der Waals surface area contributed by atoms with Crippen LogP contribution in [0.4, 0.5) is 5.69 Å². The molecule has 5 rings (SSSR count). The first kappa shape index (κ1) is 23.0. The zero-order chi connectivity index (χ0) is 25.4. The zero-order valence-corrected chi connectivity index (χ0v) is 20.1. The van der Waals surface area contributed by atoms with Gasteiger partial charge in [0.15, 0.2) is 12.4 Å². The van der Waals surface area contributed by atoms with E-state index >= 15 is 0 Å². The highest BCUT2D eigenvalue weighted by molar-refractivity contribution is 6.53. The molecule has 3 heterocycles. The van der Waals surface area contributed by atoms with Crippen LogP contribution in [0.5, 0.6) is 11.6 Å². The van der Waals surface area contributed by atoms with Crippen LogP contribution >= 0.6 is 0 Å². The quantitative estimate of drug-likeness (QED) is 0.313. The molecule has 4 aromatic rings. The number of amides is 2. The molecule has 8 nitrogen and oxygen atoms in total. The minimum absolute atomic E-state index is 0.0195. The second-order valence-corrected chi connectivity index (χ2v) is 8.36. The number of carbonyl (C=O) groups excluding carboxylic acids is 2. The Labute approximate surface area is 208 Å². The van der Waals surface area contributed by atoms with Gasteiger partial charge < -0.3 is 9.84 Å². The Morgan fingerprint density at radius 2 is 1.69 bits per heavy atom. The van der Waals surface area contributed by atoms with Crippen LogP contribution in [0.25, 0.3) is 22.5 Å². The van der Waals surface area contributed by atoms with Crippen molar-refractivity contribution in [2.75, 3.05) is 12.0 Å². The number of anilines is 1. The highest BCUT2D eigenvalue weighted by Crippen LogP contribution is 2.41. The van der Waals surface area contributed by atoms with Gasteiger partial charge >= 0.3 is 5.91 Å². The highest BCUT2D eigenvalue weighted by atomic mass is 16.5. The van der Waals surface area contributed by atoms with E-state index in [0.717, 1.165) is 16.9 Å². The number of rotatable bonds is 6. The minimum Gasteiger partial charge on any atom is -0.858 e. The van der Waals surface area contributed by atoms with Gasteiger partial charge in [-0.25, -0.2) is 4.90 Å². The van der Waals surface area contributed by atoms with Crippen molar-refractivity contribution >= 4 is 28.8 Å². The first-order valence-corrected chi connectivity index (χ1v) is 11.5. The van der Waals surface area contributed by atoms with Crippen LogP contribution in [-0.4, -0.2) is 28.7 Å². The zero-order valence-electron chi connectivity index (χ0n) is 20.1. The number of nitrogens with zero attached hydrogens (tertiary/aromatic N) is 4. The maximum absolute atomic E-state index is 14.0. The Hall–Kier alpha value is -4.72. The topological polar surface area (TPSA) is 91.4 Å². The van der Waals surface area contributed by atoms with Crippen molar-refractivity contribution in [3.8, 4) is 22.9 Å². The number of ether oxygens (including phenoxy) is 1. The first-order chi connectivity index (χ1) is 17.4. The number of methoxy groups -OCH3 is 1. The maximum Gasteiger partial charge on any atom is 0.331 e. The molecule has 0 bridgehead atoms. The molecule has 2 amide bonds. The van der Waals surface area contributed by atoms with Gasteiger partial charge in [-0.2, -0.15) is 9.67 Å². The predicted molar refractivity (Wildman–Crippen MR) is 133 cm³/mol. The summed E-state index contributed by atoms with van der Waals surface area (Å²) in [5.41, 5.74) is 2.60. The summed E-state index contributed by atoms with van der Waals surface area (Å²) in [4.78, 5) is 29.0. The van der Waals surface area contributed by atoms with Crippen molar-refractivity contribution in [2.45, 2.75) is 13.3 Å². The van der Waals surface area contributed by atoms with E-state index < -0.39 is 17.7 Å². The van der Waals surface area contributed by atoms with Crippen molar-refractivity contribution in [1.29, 1.82) is 0 Å². The monoisotopic (exact) mass is 480 g/mol. The molecule has 2 aromatic carbocycles. The molecule has 0 saturated heterocycles. The van der Waals surface area contributed by atoms with E-state index in [1.54, 1.807) is 48.3 Å². The summed E-state index contributed by atoms with van der Waals surface area (Å²) >= 11 is 0. The Kier molecular flexibility index (Phi) is 5.85. The van der Waals surface area contributed by atoms with Gasteiger partial charge in [-0.1, -0.05) is 37.3 Å². The molecule has 1 aliphatic rings. The van der Waals surface area contributed by atoms with Gasteiger partial charge in [0.05, 0.1) is 18.5 Å². The Bertz CT molecular complexity index is 1500. The van der Waals surface area contributed by atoms with Gasteiger partial charge in [0.2, 0.25) is 0 Å². The van der Waals surface area contributed by atoms with E-state index in [-0.39, 0.29) is 16.8 Å². The fraction of sp³-hybridized carbons (Fsp3) is 0.143. The third-order valence-electron chi connectivity index (χ3n) is 6.21. The van der Waals surface area contributed by atoms with Gasteiger partial charge in [-0.05, 0) is 42.6 Å². The Morgan fingerprint density at radius 1 is 0.972 bits per heavy atom. The number of carbonyl (C=O) groups is 2. The third-order valence-corrected chi connectivity index (χ3v) is 6.21. The maximum atomic E-state index is 14.0. The largest absolute Gasteiger partial charge is 0.858 e. The molecule has 2 aromatic heterocycles. The molecule has 1 aliphatic heterocycles. The summed E-state index contributed by atoms with van der Waals surface area (Å²) in [6.45, 7) is 2.00. The van der Waals surface area contributed by atoms with Crippen LogP contribution in [0.1, 0.15) is 18.1 Å². The van der Waals surface area contributed by atoms with Crippen LogP contribution in [0.15, 0.2) is 79.1 Å². The molecule has 36 heavy (non-hydrogen) atoms. The molecule has 180 valence electrons. The van der Waals surface area contributed by atoms with Crippen LogP contribution in [0.3, 0.4) is 0 Å². The lowest BCUT2D eigenvalue weighted by Gasteiger charge is -2.15. The molecule has 0 radical (unpaired) electrons. The number of hydrogen-bond donors (Lipinski definition) is 0. The van der Waals surface area contributed by atoms with E-state index in [1.807, 2.05) is 49.4 Å². The summed E-state index contributed by atoms with van der Waals surface area (Å²) in [5, 5.41) is 17.8. The summed E-state index contributed by atoms with van der Waals surface area (Å²) in [7, 11) is 3.07. The summed E-state index contributed by atoms with van der Waals surface area (Å²) in [6.07, 6.45) is 4.25. The lowest BCUT2D eigenvalue weighted by Crippen LogP contribution is -2.40. The summed E-state index contributed by atoms with van der Waals surface area (Å²) in [6, 6.07) is 19.6. The number of benzene rings is 2. The van der Waals surface area contributed by atoms with Gasteiger partial charge in [0.25, 0.3) is 11.6 Å². The fourth-order valence-electron chi connectivity index (χ4n) is 4.35. The molecule has 0 atom stereocenters. The highest BCUT2D eigenvalue weighted by Gasteiger charge is 2.47. The molecule has 0 N–H and O–H groups in total. The van der Waals surface area contributed by atoms with Crippen molar-refractivity contribution in [3.63, 3.8) is 0 Å². The van der Waals surface area contributed by atoms with E-state index in [1.165, 1.54) is 11.7 Å². The number of aryl methyl sites for hydroxylation is 2. The molecule has 0 aliphatic carbocycles. The van der Waals surface area contributed by atoms with Crippen molar-refractivity contribution < 1.29 is 24.0 Å². The SMILES string of the molecule is CCc1ccc[n+](C2=C(c3c(-c4ccccc4)nn(C)c3[O-])C(=O)N(c3ccc(OC)cc3)C2=O)c1. The minimum atomic E-state index is -0.586. The summed E-state index contributed by atoms with van der Waals surface area (Å²) < 4.78 is 8.04. The lowest BCUT2D eigenvalue weighted by molar-refractivity contribution is -0.577. The standard InChI is InChI=1S/C28H24N4O4/c1-4-18-9-8-16-31(17-18)25-23(22-24(29-30(2)26(22)33)19-10-6-5-7-11-19)27(34)32(28(25)35)20-12-14-21(36-3)15-13-20/h5-17H,4H2,1-3H3. The number of aromatic nitrogens is 3. The van der Waals surface area contributed by atoms with E-state index in [9.17, 15) is 14.7 Å². The Morgan fingerprint density at radius 3 is 2.36 bits per heavy atom. The molecule has 0 unspecified atom stereocenters.